The molecule has 0 saturated heterocycles. The lowest BCUT2D eigenvalue weighted by molar-refractivity contribution is 0.153. The Bertz CT molecular complexity index is 531. The summed E-state index contributed by atoms with van der Waals surface area (Å²) >= 11 is 0. The van der Waals surface area contributed by atoms with Crippen LogP contribution in [0.2, 0.25) is 0 Å². The van der Waals surface area contributed by atoms with E-state index in [0.717, 1.165) is 16.6 Å². The minimum atomic E-state index is -0.163. The number of nitrogens with one attached hydrogen (secondary N) is 1. The summed E-state index contributed by atoms with van der Waals surface area (Å²) in [5, 5.41) is 13.4. The number of nitrogens with zero attached hydrogens (tertiary/aromatic N) is 1. The van der Waals surface area contributed by atoms with E-state index in [9.17, 15) is 5.11 Å². The lowest BCUT2D eigenvalue weighted by Crippen LogP contribution is -2.28. The van der Waals surface area contributed by atoms with Crippen molar-refractivity contribution >= 4 is 22.3 Å². The highest BCUT2D eigenvalue weighted by atomic mass is 16.5. The maximum atomic E-state index is 9.26. The Morgan fingerprint density at radius 1 is 1.44 bits per heavy atom. The number of rotatable bonds is 5. The van der Waals surface area contributed by atoms with Gasteiger partial charge in [0.2, 0.25) is 0 Å². The van der Waals surface area contributed by atoms with Crippen molar-refractivity contribution in [1.82, 2.24) is 4.98 Å². The second kappa shape index (κ2) is 5.66. The minimum absolute atomic E-state index is 0.00740. The van der Waals surface area contributed by atoms with E-state index < -0.39 is 0 Å². The topological polar surface area (TPSA) is 80.4 Å². The fraction of sp³-hybridized carbons (Fsp3) is 0.308. The minimum Gasteiger partial charge on any atom is -0.398 e. The van der Waals surface area contributed by atoms with E-state index in [-0.39, 0.29) is 12.6 Å². The van der Waals surface area contributed by atoms with Gasteiger partial charge in [-0.15, -0.1) is 0 Å². The summed E-state index contributed by atoms with van der Waals surface area (Å²) in [6.45, 7) is 0.418. The molecule has 5 heteroatoms. The molecule has 2 rings (SSSR count). The standard InChI is InChI=1S/C13H17N3O2/c1-18-8-9(7-17)16-12-5-4-11(14)10-3-2-6-15-13(10)12/h2-6,9,16-17H,7-8,14H2,1H3. The van der Waals surface area contributed by atoms with Gasteiger partial charge in [-0.3, -0.25) is 4.98 Å². The number of pyridine rings is 1. The van der Waals surface area contributed by atoms with Gasteiger partial charge in [0, 0.05) is 24.4 Å². The summed E-state index contributed by atoms with van der Waals surface area (Å²) in [5.74, 6) is 0. The van der Waals surface area contributed by atoms with Crippen molar-refractivity contribution in [2.24, 2.45) is 0 Å². The predicted octanol–water partition coefficient (Wildman–Crippen LogP) is 1.24. The van der Waals surface area contributed by atoms with E-state index in [2.05, 4.69) is 10.3 Å². The zero-order chi connectivity index (χ0) is 13.0. The molecule has 0 aliphatic heterocycles. The van der Waals surface area contributed by atoms with E-state index in [4.69, 9.17) is 10.5 Å². The number of nitrogens with two attached hydrogens (primary N) is 1. The van der Waals surface area contributed by atoms with Gasteiger partial charge in [0.05, 0.1) is 30.5 Å². The molecule has 0 bridgehead atoms. The van der Waals surface area contributed by atoms with E-state index in [1.807, 2.05) is 24.3 Å². The Balaban J connectivity index is 2.36. The average molecular weight is 247 g/mol. The van der Waals surface area contributed by atoms with Crippen LogP contribution in [0.25, 0.3) is 10.9 Å². The molecule has 0 fully saturated rings. The number of ether oxygens (including phenoxy) is 1. The first-order valence-corrected chi connectivity index (χ1v) is 5.75. The van der Waals surface area contributed by atoms with Crippen molar-refractivity contribution in [3.8, 4) is 0 Å². The van der Waals surface area contributed by atoms with Crippen molar-refractivity contribution in [3.05, 3.63) is 30.5 Å². The number of nitrogen functional groups attached to an aromatic ring is 1. The van der Waals surface area contributed by atoms with Crippen LogP contribution in [0.4, 0.5) is 11.4 Å². The molecular weight excluding hydrogens is 230 g/mol. The average Bonchev–Trinajstić information content (AvgIpc) is 2.41. The third kappa shape index (κ3) is 2.52. The van der Waals surface area contributed by atoms with Crippen molar-refractivity contribution in [2.45, 2.75) is 6.04 Å². The first-order chi connectivity index (χ1) is 8.76. The lowest BCUT2D eigenvalue weighted by Gasteiger charge is -2.18. The first kappa shape index (κ1) is 12.6. The molecule has 1 unspecified atom stereocenters. The molecule has 1 aromatic carbocycles. The van der Waals surface area contributed by atoms with Crippen molar-refractivity contribution in [1.29, 1.82) is 0 Å². The molecule has 0 aliphatic carbocycles. The van der Waals surface area contributed by atoms with E-state index in [0.29, 0.717) is 12.3 Å². The Kier molecular flexibility index (Phi) is 3.96. The zero-order valence-corrected chi connectivity index (χ0v) is 10.3. The van der Waals surface area contributed by atoms with Gasteiger partial charge in [0.25, 0.3) is 0 Å². The molecule has 0 aliphatic rings. The van der Waals surface area contributed by atoms with Gasteiger partial charge in [-0.1, -0.05) is 0 Å². The molecule has 1 heterocycles. The summed E-state index contributed by atoms with van der Waals surface area (Å²) in [7, 11) is 1.60. The van der Waals surface area contributed by atoms with Crippen LogP contribution in [0.15, 0.2) is 30.5 Å². The zero-order valence-electron chi connectivity index (χ0n) is 10.3. The van der Waals surface area contributed by atoms with E-state index in [1.54, 1.807) is 13.3 Å². The van der Waals surface area contributed by atoms with Gasteiger partial charge in [-0.2, -0.15) is 0 Å². The molecule has 0 amide bonds. The first-order valence-electron chi connectivity index (χ1n) is 5.75. The predicted molar refractivity (Wildman–Crippen MR) is 72.5 cm³/mol. The van der Waals surface area contributed by atoms with Crippen LogP contribution in [0, 0.1) is 0 Å². The van der Waals surface area contributed by atoms with Gasteiger partial charge in [-0.25, -0.2) is 0 Å². The summed E-state index contributed by atoms with van der Waals surface area (Å²) in [4.78, 5) is 4.32. The van der Waals surface area contributed by atoms with Crippen LogP contribution >= 0.6 is 0 Å². The van der Waals surface area contributed by atoms with Gasteiger partial charge >= 0.3 is 0 Å². The fourth-order valence-electron chi connectivity index (χ4n) is 1.87. The SMILES string of the molecule is COCC(CO)Nc1ccc(N)c2cccnc12. The Labute approximate surface area is 106 Å². The van der Waals surface area contributed by atoms with Crippen molar-refractivity contribution in [2.75, 3.05) is 31.4 Å². The lowest BCUT2D eigenvalue weighted by atomic mass is 10.1. The maximum absolute atomic E-state index is 9.26. The molecule has 0 spiro atoms. The highest BCUT2D eigenvalue weighted by Gasteiger charge is 2.10. The van der Waals surface area contributed by atoms with Gasteiger partial charge in [-0.05, 0) is 24.3 Å². The molecule has 18 heavy (non-hydrogen) atoms. The third-order valence-corrected chi connectivity index (χ3v) is 2.75. The van der Waals surface area contributed by atoms with Gasteiger partial charge < -0.3 is 20.9 Å². The number of aromatic nitrogens is 1. The third-order valence-electron chi connectivity index (χ3n) is 2.75. The molecule has 0 saturated carbocycles. The quantitative estimate of drug-likeness (QED) is 0.693. The Morgan fingerprint density at radius 2 is 2.28 bits per heavy atom. The number of anilines is 2. The molecule has 1 atom stereocenters. The highest BCUT2D eigenvalue weighted by molar-refractivity contribution is 5.98. The van der Waals surface area contributed by atoms with Crippen LogP contribution in [0.1, 0.15) is 0 Å². The normalized spacial score (nSPS) is 12.6. The molecule has 4 N–H and O–H groups in total. The van der Waals surface area contributed by atoms with Crippen LogP contribution < -0.4 is 11.1 Å². The van der Waals surface area contributed by atoms with E-state index >= 15 is 0 Å². The molecule has 1 aromatic heterocycles. The second-order valence-electron chi connectivity index (χ2n) is 4.08. The van der Waals surface area contributed by atoms with Crippen LogP contribution in [-0.2, 0) is 4.74 Å². The molecule has 5 nitrogen and oxygen atoms in total. The summed E-state index contributed by atoms with van der Waals surface area (Å²) in [6, 6.07) is 7.30. The van der Waals surface area contributed by atoms with Crippen molar-refractivity contribution < 1.29 is 9.84 Å². The van der Waals surface area contributed by atoms with Crippen molar-refractivity contribution in [3.63, 3.8) is 0 Å². The van der Waals surface area contributed by atoms with Crippen LogP contribution in [0.3, 0.4) is 0 Å². The van der Waals surface area contributed by atoms with E-state index in [1.165, 1.54) is 0 Å². The molecule has 96 valence electrons. The Hall–Kier alpha value is -1.85. The van der Waals surface area contributed by atoms with Crippen LogP contribution in [-0.4, -0.2) is 36.5 Å². The molecular formula is C13H17N3O2. The number of aliphatic hydroxyl groups is 1. The Morgan fingerprint density at radius 3 is 3.00 bits per heavy atom. The van der Waals surface area contributed by atoms with Gasteiger partial charge in [0.1, 0.15) is 0 Å². The largest absolute Gasteiger partial charge is 0.398 e. The monoisotopic (exact) mass is 247 g/mol. The molecule has 2 aromatic rings. The smallest absolute Gasteiger partial charge is 0.0953 e. The molecule has 0 radical (unpaired) electrons. The fourth-order valence-corrected chi connectivity index (χ4v) is 1.87. The van der Waals surface area contributed by atoms with Crippen LogP contribution in [0.5, 0.6) is 0 Å². The highest BCUT2D eigenvalue weighted by Crippen LogP contribution is 2.26. The number of hydrogen-bond donors (Lipinski definition) is 3. The van der Waals surface area contributed by atoms with Gasteiger partial charge in [0.15, 0.2) is 0 Å². The maximum Gasteiger partial charge on any atom is 0.0953 e. The number of aliphatic hydroxyl groups excluding tert-OH is 1. The number of hydrogen-bond acceptors (Lipinski definition) is 5. The number of methoxy groups -OCH3 is 1. The number of fused-ring (bicyclic) bond motifs is 1. The summed E-state index contributed by atoms with van der Waals surface area (Å²) in [6.07, 6.45) is 1.72. The summed E-state index contributed by atoms with van der Waals surface area (Å²) < 4.78 is 5.04. The number of benzene rings is 1. The summed E-state index contributed by atoms with van der Waals surface area (Å²) in [5.41, 5.74) is 8.24. The second-order valence-corrected chi connectivity index (χ2v) is 4.08.